The monoisotopic (exact) mass is 338 g/mol. The molecule has 1 aromatic heterocycles. The first-order chi connectivity index (χ1) is 12.1. The van der Waals surface area contributed by atoms with Gasteiger partial charge in [-0.3, -0.25) is 9.69 Å². The fourth-order valence-corrected chi connectivity index (χ4v) is 2.69. The normalized spacial score (nSPS) is 12.3. The summed E-state index contributed by atoms with van der Waals surface area (Å²) in [6.07, 6.45) is 1.64. The first-order valence-electron chi connectivity index (χ1n) is 8.21. The van der Waals surface area contributed by atoms with Crippen LogP contribution in [0.3, 0.4) is 0 Å². The second-order valence-electron chi connectivity index (χ2n) is 6.10. The molecule has 0 spiro atoms. The fraction of sp³-hybridized carbons (Fsp3) is 0.250. The summed E-state index contributed by atoms with van der Waals surface area (Å²) >= 11 is 0. The van der Waals surface area contributed by atoms with E-state index in [1.54, 1.807) is 6.26 Å². The highest BCUT2D eigenvalue weighted by Gasteiger charge is 2.17. The quantitative estimate of drug-likeness (QED) is 0.719. The molecule has 0 aliphatic carbocycles. The molecule has 0 saturated heterocycles. The van der Waals surface area contributed by atoms with Crippen LogP contribution in [0, 0.1) is 0 Å². The van der Waals surface area contributed by atoms with E-state index in [1.807, 2.05) is 73.6 Å². The Labute approximate surface area is 147 Å². The number of ether oxygens (including phenoxy) is 1. The van der Waals surface area contributed by atoms with Gasteiger partial charge in [-0.05, 0) is 49.1 Å². The van der Waals surface area contributed by atoms with E-state index in [9.17, 15) is 4.79 Å². The molecule has 1 heterocycles. The Morgan fingerprint density at radius 2 is 1.92 bits per heavy atom. The second kappa shape index (κ2) is 7.85. The highest BCUT2D eigenvalue weighted by Crippen LogP contribution is 2.20. The lowest BCUT2D eigenvalue weighted by Crippen LogP contribution is -2.36. The van der Waals surface area contributed by atoms with E-state index in [0.717, 1.165) is 16.5 Å². The van der Waals surface area contributed by atoms with Crippen molar-refractivity contribution in [3.63, 3.8) is 0 Å². The van der Waals surface area contributed by atoms with Gasteiger partial charge in [-0.15, -0.1) is 0 Å². The maximum atomic E-state index is 12.1. The number of carbonyl (C=O) groups is 1. The van der Waals surface area contributed by atoms with E-state index in [4.69, 9.17) is 9.15 Å². The van der Waals surface area contributed by atoms with Gasteiger partial charge >= 0.3 is 0 Å². The summed E-state index contributed by atoms with van der Waals surface area (Å²) in [5, 5.41) is 5.13. The Morgan fingerprint density at radius 1 is 1.12 bits per heavy atom. The highest BCUT2D eigenvalue weighted by atomic mass is 16.5. The predicted octanol–water partition coefficient (Wildman–Crippen LogP) is 3.23. The third kappa shape index (κ3) is 4.39. The van der Waals surface area contributed by atoms with Gasteiger partial charge in [0.2, 0.25) is 0 Å². The van der Waals surface area contributed by atoms with Crippen molar-refractivity contribution >= 4 is 16.7 Å². The summed E-state index contributed by atoms with van der Waals surface area (Å²) in [5.74, 6) is 1.34. The van der Waals surface area contributed by atoms with Crippen LogP contribution in [0.15, 0.2) is 65.3 Å². The number of carbonyl (C=O) groups excluding carboxylic acids is 1. The van der Waals surface area contributed by atoms with Crippen LogP contribution in [0.1, 0.15) is 11.8 Å². The SMILES string of the molecule is CN(C)[C@H](CNC(=O)COc1ccc2ccccc2c1)c1ccco1. The van der Waals surface area contributed by atoms with Crippen molar-refractivity contribution in [3.05, 3.63) is 66.6 Å². The molecule has 0 aliphatic heterocycles. The summed E-state index contributed by atoms with van der Waals surface area (Å²) in [5.41, 5.74) is 0. The Kier molecular flexibility index (Phi) is 5.36. The number of nitrogens with one attached hydrogen (secondary N) is 1. The number of hydrogen-bond acceptors (Lipinski definition) is 4. The zero-order chi connectivity index (χ0) is 17.6. The Balaban J connectivity index is 1.53. The number of amides is 1. The lowest BCUT2D eigenvalue weighted by molar-refractivity contribution is -0.123. The molecule has 130 valence electrons. The first-order valence-corrected chi connectivity index (χ1v) is 8.21. The van der Waals surface area contributed by atoms with Crippen LogP contribution >= 0.6 is 0 Å². The van der Waals surface area contributed by atoms with E-state index >= 15 is 0 Å². The van der Waals surface area contributed by atoms with Crippen LogP contribution in [0.5, 0.6) is 5.75 Å². The van der Waals surface area contributed by atoms with E-state index in [1.165, 1.54) is 0 Å². The molecule has 3 aromatic rings. The number of nitrogens with zero attached hydrogens (tertiary/aromatic N) is 1. The molecule has 5 nitrogen and oxygen atoms in total. The van der Waals surface area contributed by atoms with Crippen molar-refractivity contribution < 1.29 is 13.9 Å². The molecule has 0 saturated carbocycles. The number of benzene rings is 2. The molecule has 5 heteroatoms. The van der Waals surface area contributed by atoms with Crippen LogP contribution in [0.2, 0.25) is 0 Å². The van der Waals surface area contributed by atoms with E-state index in [2.05, 4.69) is 5.32 Å². The minimum absolute atomic E-state index is 0.0142. The van der Waals surface area contributed by atoms with Gasteiger partial charge in [-0.25, -0.2) is 0 Å². The lowest BCUT2D eigenvalue weighted by atomic mass is 10.1. The molecular weight excluding hydrogens is 316 g/mol. The smallest absolute Gasteiger partial charge is 0.258 e. The van der Waals surface area contributed by atoms with Gasteiger partial charge in [0, 0.05) is 6.54 Å². The highest BCUT2D eigenvalue weighted by molar-refractivity contribution is 5.84. The third-order valence-electron chi connectivity index (χ3n) is 4.08. The van der Waals surface area contributed by atoms with Crippen LogP contribution in [0.25, 0.3) is 10.8 Å². The van der Waals surface area contributed by atoms with E-state index in [0.29, 0.717) is 12.3 Å². The summed E-state index contributed by atoms with van der Waals surface area (Å²) < 4.78 is 11.0. The van der Waals surface area contributed by atoms with Crippen molar-refractivity contribution in [2.45, 2.75) is 6.04 Å². The minimum Gasteiger partial charge on any atom is -0.484 e. The molecule has 3 rings (SSSR count). The van der Waals surface area contributed by atoms with E-state index in [-0.39, 0.29) is 18.6 Å². The largest absolute Gasteiger partial charge is 0.484 e. The number of likely N-dealkylation sites (N-methyl/N-ethyl adjacent to an activating group) is 1. The van der Waals surface area contributed by atoms with Gasteiger partial charge in [-0.2, -0.15) is 0 Å². The minimum atomic E-state index is -0.161. The van der Waals surface area contributed by atoms with Gasteiger partial charge in [0.25, 0.3) is 5.91 Å². The van der Waals surface area contributed by atoms with Gasteiger partial charge in [0.05, 0.1) is 12.3 Å². The van der Waals surface area contributed by atoms with Gasteiger partial charge in [0.15, 0.2) is 6.61 Å². The maximum Gasteiger partial charge on any atom is 0.258 e. The average molecular weight is 338 g/mol. The predicted molar refractivity (Wildman–Crippen MR) is 97.6 cm³/mol. The lowest BCUT2D eigenvalue weighted by Gasteiger charge is -2.22. The van der Waals surface area contributed by atoms with Crippen molar-refractivity contribution in [2.24, 2.45) is 0 Å². The Morgan fingerprint density at radius 3 is 2.64 bits per heavy atom. The third-order valence-corrected chi connectivity index (χ3v) is 4.08. The number of fused-ring (bicyclic) bond motifs is 1. The number of furan rings is 1. The van der Waals surface area contributed by atoms with Crippen LogP contribution < -0.4 is 10.1 Å². The van der Waals surface area contributed by atoms with E-state index < -0.39 is 0 Å². The van der Waals surface area contributed by atoms with Crippen LogP contribution in [-0.2, 0) is 4.79 Å². The zero-order valence-corrected chi connectivity index (χ0v) is 14.4. The van der Waals surface area contributed by atoms with Crippen LogP contribution in [-0.4, -0.2) is 38.1 Å². The first kappa shape index (κ1) is 17.0. The molecule has 1 amide bonds. The Hall–Kier alpha value is -2.79. The fourth-order valence-electron chi connectivity index (χ4n) is 2.69. The molecule has 25 heavy (non-hydrogen) atoms. The topological polar surface area (TPSA) is 54.7 Å². The maximum absolute atomic E-state index is 12.1. The Bertz CT molecular complexity index is 828. The molecular formula is C20H22N2O3. The van der Waals surface area contributed by atoms with Crippen molar-refractivity contribution in [2.75, 3.05) is 27.2 Å². The van der Waals surface area contributed by atoms with Gasteiger partial charge in [-0.1, -0.05) is 30.3 Å². The molecule has 1 N–H and O–H groups in total. The summed E-state index contributed by atoms with van der Waals surface area (Å²) in [6.45, 7) is 0.442. The molecule has 2 aromatic carbocycles. The van der Waals surface area contributed by atoms with Crippen molar-refractivity contribution in [1.82, 2.24) is 10.2 Å². The summed E-state index contributed by atoms with van der Waals surface area (Å²) in [6, 6.07) is 17.6. The standard InChI is InChI=1S/C20H22N2O3/c1-22(2)18(19-8-5-11-24-19)13-21-20(23)14-25-17-10-9-15-6-3-4-7-16(15)12-17/h3-12,18H,13-14H2,1-2H3,(H,21,23)/t18-/m1/s1. The molecule has 0 unspecified atom stereocenters. The second-order valence-corrected chi connectivity index (χ2v) is 6.10. The zero-order valence-electron chi connectivity index (χ0n) is 14.4. The van der Waals surface area contributed by atoms with Crippen molar-refractivity contribution in [1.29, 1.82) is 0 Å². The summed E-state index contributed by atoms with van der Waals surface area (Å²) in [4.78, 5) is 14.1. The average Bonchev–Trinajstić information content (AvgIpc) is 3.14. The molecule has 0 fully saturated rings. The van der Waals surface area contributed by atoms with Crippen molar-refractivity contribution in [3.8, 4) is 5.75 Å². The number of rotatable bonds is 7. The molecule has 1 atom stereocenters. The molecule has 0 aliphatic rings. The van der Waals surface area contributed by atoms with Crippen LogP contribution in [0.4, 0.5) is 0 Å². The number of hydrogen-bond donors (Lipinski definition) is 1. The molecule has 0 bridgehead atoms. The molecule has 0 radical (unpaired) electrons. The summed E-state index contributed by atoms with van der Waals surface area (Å²) in [7, 11) is 3.90. The van der Waals surface area contributed by atoms with Gasteiger partial charge < -0.3 is 14.5 Å². The van der Waals surface area contributed by atoms with Gasteiger partial charge in [0.1, 0.15) is 11.5 Å².